The molecule has 8 nitrogen and oxygen atoms in total. The van der Waals surface area contributed by atoms with Gasteiger partial charge in [0.15, 0.2) is 5.78 Å². The number of hydrogen-bond acceptors (Lipinski definition) is 6. The molecule has 0 radical (unpaired) electrons. The molecule has 1 rings (SSSR count). The molecule has 0 aliphatic rings. The molecule has 1 aromatic rings. The van der Waals surface area contributed by atoms with Gasteiger partial charge < -0.3 is 20.5 Å². The molecule has 0 amide bonds. The van der Waals surface area contributed by atoms with Crippen LogP contribution in [-0.4, -0.2) is 51.8 Å². The lowest BCUT2D eigenvalue weighted by atomic mass is 10.1. The van der Waals surface area contributed by atoms with Crippen molar-refractivity contribution in [3.05, 3.63) is 46.0 Å². The first-order valence-electron chi connectivity index (χ1n) is 6.92. The van der Waals surface area contributed by atoms with E-state index in [1.165, 1.54) is 18.2 Å². The van der Waals surface area contributed by atoms with Gasteiger partial charge in [0.25, 0.3) is 16.0 Å². The van der Waals surface area contributed by atoms with Crippen LogP contribution in [0.1, 0.15) is 12.0 Å². The van der Waals surface area contributed by atoms with Crippen LogP contribution in [0.5, 0.6) is 0 Å². The monoisotopic (exact) mass is 385 g/mol. The Labute approximate surface area is 156 Å². The van der Waals surface area contributed by atoms with E-state index in [0.29, 0.717) is 10.7 Å². The summed E-state index contributed by atoms with van der Waals surface area (Å²) in [5, 5.41) is 18.2. The van der Waals surface area contributed by atoms with Crippen LogP contribution < -0.4 is 5.73 Å². The van der Waals surface area contributed by atoms with Crippen molar-refractivity contribution in [2.75, 3.05) is 20.7 Å². The van der Waals surface area contributed by atoms with E-state index in [2.05, 4.69) is 18.0 Å². The average Bonchev–Trinajstić information content (AvgIpc) is 2.52. The molecule has 10 heteroatoms. The second kappa shape index (κ2) is 11.9. The molecular weight excluding hydrogens is 366 g/mol. The number of nitrogens with zero attached hydrogens (tertiary/aromatic N) is 2. The molecule has 0 unspecified atom stereocenters. The largest absolute Gasteiger partial charge is 0.487 e. The minimum absolute atomic E-state index is 0.0356. The van der Waals surface area contributed by atoms with E-state index in [9.17, 15) is 14.9 Å². The van der Waals surface area contributed by atoms with Crippen molar-refractivity contribution in [3.8, 4) is 0 Å². The van der Waals surface area contributed by atoms with Crippen molar-refractivity contribution in [1.29, 1.82) is 0 Å². The number of allylic oxidation sites excluding steroid dienone is 1. The predicted octanol–water partition coefficient (Wildman–Crippen LogP) is 2.22. The summed E-state index contributed by atoms with van der Waals surface area (Å²) in [7, 11) is 3.50. The molecule has 25 heavy (non-hydrogen) atoms. The van der Waals surface area contributed by atoms with Gasteiger partial charge in [0, 0.05) is 26.6 Å². The molecule has 136 valence electrons. The fraction of sp³-hybridized carbons (Fsp3) is 0.267. The van der Waals surface area contributed by atoms with Crippen molar-refractivity contribution in [2.45, 2.75) is 6.42 Å². The molecule has 0 spiro atoms. The van der Waals surface area contributed by atoms with Gasteiger partial charge >= 0.3 is 0 Å². The molecule has 0 saturated carbocycles. The van der Waals surface area contributed by atoms with Crippen LogP contribution in [0.15, 0.2) is 30.3 Å². The Bertz CT molecular complexity index is 658. The first-order chi connectivity index (χ1) is 11.6. The van der Waals surface area contributed by atoms with E-state index in [1.54, 1.807) is 37.2 Å². The maximum atomic E-state index is 11.7. The second-order valence-corrected chi connectivity index (χ2v) is 5.48. The number of nitro groups is 1. The minimum Gasteiger partial charge on any atom is -0.487 e. The smallest absolute Gasteiger partial charge is 0.276 e. The summed E-state index contributed by atoms with van der Waals surface area (Å²) in [6.07, 6.45) is 2.90. The lowest BCUT2D eigenvalue weighted by Gasteiger charge is -2.13. The third-order valence-electron chi connectivity index (χ3n) is 2.52. The van der Waals surface area contributed by atoms with Crippen LogP contribution in [0.25, 0.3) is 6.08 Å². The molecule has 1 aromatic carbocycles. The first-order valence-corrected chi connectivity index (χ1v) is 7.73. The number of para-hydroxylation sites is 1. The van der Waals surface area contributed by atoms with E-state index in [0.717, 1.165) is 0 Å². The highest BCUT2D eigenvalue weighted by molar-refractivity contribution is 7.80. The number of nitro benzene ring substituents is 1. The summed E-state index contributed by atoms with van der Waals surface area (Å²) in [4.78, 5) is 23.6. The van der Waals surface area contributed by atoms with Crippen LogP contribution in [0.4, 0.5) is 5.69 Å². The van der Waals surface area contributed by atoms with Crippen LogP contribution in [0.2, 0.25) is 0 Å². The Balaban J connectivity index is 0.00000129. The molecule has 0 aliphatic carbocycles. The lowest BCUT2D eigenvalue weighted by Crippen LogP contribution is -2.23. The number of benzene rings is 1. The van der Waals surface area contributed by atoms with Gasteiger partial charge in [-0.1, -0.05) is 12.1 Å². The van der Waals surface area contributed by atoms with Gasteiger partial charge in [-0.25, -0.2) is 0 Å². The Morgan fingerprint density at radius 1 is 1.40 bits per heavy atom. The van der Waals surface area contributed by atoms with Gasteiger partial charge in [-0.3, -0.25) is 14.9 Å². The van der Waals surface area contributed by atoms with E-state index in [1.807, 2.05) is 0 Å². The molecule has 0 aromatic heterocycles. The fourth-order valence-electron chi connectivity index (χ4n) is 1.43. The molecule has 0 fully saturated rings. The minimum atomic E-state index is -0.500. The zero-order chi connectivity index (χ0) is 19.4. The number of aliphatic hydroxyl groups excluding tert-OH is 1. The molecule has 0 heterocycles. The number of ether oxygens (including phenoxy) is 1. The molecule has 0 aliphatic heterocycles. The zero-order valence-corrected chi connectivity index (χ0v) is 15.4. The molecular formula is C15H19N3O5S2. The number of carbonyl (C=O) groups excluding carboxylic acids is 1. The third-order valence-corrected chi connectivity index (χ3v) is 3.00. The van der Waals surface area contributed by atoms with Crippen molar-refractivity contribution in [1.82, 2.24) is 4.90 Å². The fourth-order valence-corrected chi connectivity index (χ4v) is 1.51. The highest BCUT2D eigenvalue weighted by Gasteiger charge is 2.09. The van der Waals surface area contributed by atoms with E-state index in [4.69, 9.17) is 22.1 Å². The van der Waals surface area contributed by atoms with Gasteiger partial charge in [0.2, 0.25) is 0 Å². The molecule has 0 bridgehead atoms. The number of ketones is 1. The Morgan fingerprint density at radius 3 is 2.48 bits per heavy atom. The standard InChI is InChI=1S/C14H16N2O4S.CH3NOS/c1-15(2)14(21)20-10-9-12(17)8-7-11-5-3-4-6-13(11)16(18)19;2-1(3)4/h3-8H,9-10H2,1-2H3;(H3,2,3,4). The first kappa shape index (κ1) is 22.4. The van der Waals surface area contributed by atoms with Crippen molar-refractivity contribution >= 4 is 52.3 Å². The van der Waals surface area contributed by atoms with Gasteiger partial charge in [-0.15, -0.1) is 0 Å². The Morgan fingerprint density at radius 2 is 1.96 bits per heavy atom. The number of carbonyl (C=O) groups is 1. The van der Waals surface area contributed by atoms with E-state index < -0.39 is 10.1 Å². The molecule has 0 atom stereocenters. The molecule has 0 saturated heterocycles. The van der Waals surface area contributed by atoms with Crippen molar-refractivity contribution in [2.24, 2.45) is 5.73 Å². The quantitative estimate of drug-likeness (QED) is 0.329. The maximum absolute atomic E-state index is 11.7. The average molecular weight is 385 g/mol. The summed E-state index contributed by atoms with van der Waals surface area (Å²) in [5.74, 6) is -0.185. The van der Waals surface area contributed by atoms with Crippen LogP contribution >= 0.6 is 24.4 Å². The summed E-state index contributed by atoms with van der Waals surface area (Å²) in [5.41, 5.74) is 4.75. The predicted molar refractivity (Wildman–Crippen MR) is 103 cm³/mol. The third kappa shape index (κ3) is 10.7. The van der Waals surface area contributed by atoms with E-state index in [-0.39, 0.29) is 24.5 Å². The summed E-state index contributed by atoms with van der Waals surface area (Å²) in [6.45, 7) is 0.178. The number of rotatable bonds is 6. The highest BCUT2D eigenvalue weighted by Crippen LogP contribution is 2.18. The summed E-state index contributed by atoms with van der Waals surface area (Å²) >= 11 is 8.79. The van der Waals surface area contributed by atoms with Gasteiger partial charge in [0.1, 0.15) is 0 Å². The van der Waals surface area contributed by atoms with Crippen molar-refractivity contribution in [3.63, 3.8) is 0 Å². The maximum Gasteiger partial charge on any atom is 0.276 e. The number of nitrogens with two attached hydrogens (primary N) is 1. The topological polar surface area (TPSA) is 119 Å². The van der Waals surface area contributed by atoms with E-state index >= 15 is 0 Å². The number of aliphatic hydroxyl groups is 1. The van der Waals surface area contributed by atoms with Gasteiger partial charge in [0.05, 0.1) is 17.1 Å². The van der Waals surface area contributed by atoms with Crippen LogP contribution in [-0.2, 0) is 9.53 Å². The Hall–Kier alpha value is -2.59. The number of hydrogen-bond donors (Lipinski definition) is 2. The van der Waals surface area contributed by atoms with Crippen LogP contribution in [0, 0.1) is 10.1 Å². The SMILES string of the molecule is CN(C)C(=S)OCCC(=O)C=Cc1ccccc1[N+](=O)[O-].NC(O)=S. The summed E-state index contributed by atoms with van der Waals surface area (Å²) in [6, 6.07) is 6.23. The normalized spacial score (nSPS) is 9.68. The zero-order valence-electron chi connectivity index (χ0n) is 13.7. The Kier molecular flexibility index (Phi) is 10.6. The number of thiocarbonyl (C=S) groups is 2. The van der Waals surface area contributed by atoms with Gasteiger partial charge in [-0.2, -0.15) is 0 Å². The highest BCUT2D eigenvalue weighted by atomic mass is 32.1. The van der Waals surface area contributed by atoms with Crippen molar-refractivity contribution < 1.29 is 19.6 Å². The second-order valence-electron chi connectivity index (χ2n) is 4.71. The summed E-state index contributed by atoms with van der Waals surface area (Å²) < 4.78 is 5.18. The lowest BCUT2D eigenvalue weighted by molar-refractivity contribution is -0.385. The van der Waals surface area contributed by atoms with Crippen LogP contribution in [0.3, 0.4) is 0 Å². The van der Waals surface area contributed by atoms with Gasteiger partial charge in [-0.05, 0) is 42.7 Å². The molecule has 3 N–H and O–H groups in total.